The Labute approximate surface area is 141 Å². The Hall–Kier alpha value is -2.00. The summed E-state index contributed by atoms with van der Waals surface area (Å²) in [7, 11) is -3.61. The molecule has 3 heterocycles. The lowest BCUT2D eigenvalue weighted by atomic mass is 10.1. The fraction of sp³-hybridized carbons (Fsp3) is 0.533. The SMILES string of the molecule is CC(C)n1cnc(S(=O)(=O)N2CCC[C@@H](Oc3ccncn3)C2)c1. The molecular weight excluding hydrogens is 330 g/mol. The summed E-state index contributed by atoms with van der Waals surface area (Å²) in [6, 6.07) is 1.83. The lowest BCUT2D eigenvalue weighted by Gasteiger charge is -2.31. The fourth-order valence-corrected chi connectivity index (χ4v) is 4.04. The molecule has 3 rings (SSSR count). The lowest BCUT2D eigenvalue weighted by Crippen LogP contribution is -2.44. The Morgan fingerprint density at radius 1 is 1.33 bits per heavy atom. The van der Waals surface area contributed by atoms with Gasteiger partial charge in [-0.25, -0.2) is 23.4 Å². The molecule has 1 fully saturated rings. The maximum atomic E-state index is 12.8. The predicted octanol–water partition coefficient (Wildman–Crippen LogP) is 1.49. The van der Waals surface area contributed by atoms with Crippen LogP contribution >= 0.6 is 0 Å². The summed E-state index contributed by atoms with van der Waals surface area (Å²) in [6.07, 6.45) is 7.43. The van der Waals surface area contributed by atoms with Crippen LogP contribution in [0.4, 0.5) is 0 Å². The topological polar surface area (TPSA) is 90.2 Å². The second-order valence-corrected chi connectivity index (χ2v) is 7.93. The average molecular weight is 351 g/mol. The highest BCUT2D eigenvalue weighted by molar-refractivity contribution is 7.89. The van der Waals surface area contributed by atoms with E-state index in [0.29, 0.717) is 19.0 Å². The average Bonchev–Trinajstić information content (AvgIpc) is 3.07. The number of piperidine rings is 1. The summed E-state index contributed by atoms with van der Waals surface area (Å²) in [5.41, 5.74) is 0. The molecular formula is C15H21N5O3S. The molecule has 24 heavy (non-hydrogen) atoms. The summed E-state index contributed by atoms with van der Waals surface area (Å²) in [5, 5.41) is 0.0823. The van der Waals surface area contributed by atoms with E-state index in [9.17, 15) is 8.42 Å². The number of rotatable bonds is 5. The Morgan fingerprint density at radius 3 is 2.83 bits per heavy atom. The molecule has 0 aromatic carbocycles. The first-order valence-corrected chi connectivity index (χ1v) is 9.37. The lowest BCUT2D eigenvalue weighted by molar-refractivity contribution is 0.124. The van der Waals surface area contributed by atoms with Crippen molar-refractivity contribution < 1.29 is 13.2 Å². The smallest absolute Gasteiger partial charge is 0.262 e. The van der Waals surface area contributed by atoms with Crippen LogP contribution in [-0.2, 0) is 10.0 Å². The Balaban J connectivity index is 1.73. The van der Waals surface area contributed by atoms with Gasteiger partial charge in [0.2, 0.25) is 5.88 Å². The van der Waals surface area contributed by atoms with Gasteiger partial charge in [0.05, 0.1) is 12.9 Å². The minimum atomic E-state index is -3.61. The van der Waals surface area contributed by atoms with Crippen LogP contribution in [0.5, 0.6) is 5.88 Å². The maximum absolute atomic E-state index is 12.8. The number of ether oxygens (including phenoxy) is 1. The minimum absolute atomic E-state index is 0.0823. The highest BCUT2D eigenvalue weighted by Crippen LogP contribution is 2.22. The van der Waals surface area contributed by atoms with Crippen molar-refractivity contribution in [2.45, 2.75) is 43.9 Å². The van der Waals surface area contributed by atoms with Crippen molar-refractivity contribution in [1.82, 2.24) is 23.8 Å². The molecule has 0 radical (unpaired) electrons. The first kappa shape index (κ1) is 16.8. The second kappa shape index (κ2) is 6.86. The highest BCUT2D eigenvalue weighted by Gasteiger charge is 2.32. The van der Waals surface area contributed by atoms with Gasteiger partial charge in [0, 0.05) is 31.0 Å². The molecule has 130 valence electrons. The van der Waals surface area contributed by atoms with Gasteiger partial charge in [0.25, 0.3) is 10.0 Å². The van der Waals surface area contributed by atoms with Gasteiger partial charge >= 0.3 is 0 Å². The highest BCUT2D eigenvalue weighted by atomic mass is 32.2. The first-order chi connectivity index (χ1) is 11.5. The van der Waals surface area contributed by atoms with Crippen LogP contribution in [0.1, 0.15) is 32.7 Å². The van der Waals surface area contributed by atoms with Crippen LogP contribution in [0.3, 0.4) is 0 Å². The van der Waals surface area contributed by atoms with Crippen LogP contribution in [-0.4, -0.2) is 51.4 Å². The number of nitrogens with zero attached hydrogens (tertiary/aromatic N) is 5. The molecule has 0 aliphatic carbocycles. The second-order valence-electron chi connectivity index (χ2n) is 6.05. The van der Waals surface area contributed by atoms with Crippen molar-refractivity contribution in [3.05, 3.63) is 31.1 Å². The van der Waals surface area contributed by atoms with Crippen molar-refractivity contribution >= 4 is 10.0 Å². The van der Waals surface area contributed by atoms with Gasteiger partial charge in [-0.15, -0.1) is 0 Å². The number of imidazole rings is 1. The molecule has 0 unspecified atom stereocenters. The molecule has 1 atom stereocenters. The Kier molecular flexibility index (Phi) is 4.81. The van der Waals surface area contributed by atoms with E-state index >= 15 is 0 Å². The zero-order chi connectivity index (χ0) is 17.2. The maximum Gasteiger partial charge on any atom is 0.262 e. The Morgan fingerprint density at radius 2 is 2.17 bits per heavy atom. The standard InChI is InChI=1S/C15H21N5O3S/c1-12(2)19-9-15(18-11-19)24(21,22)20-7-3-4-13(8-20)23-14-5-6-16-10-17-14/h5-6,9-13H,3-4,7-8H2,1-2H3/t13-/m1/s1. The van der Waals surface area contributed by atoms with Crippen molar-refractivity contribution in [3.8, 4) is 5.88 Å². The monoisotopic (exact) mass is 351 g/mol. The van der Waals surface area contributed by atoms with E-state index < -0.39 is 10.0 Å². The summed E-state index contributed by atoms with van der Waals surface area (Å²) in [5.74, 6) is 0.457. The number of hydrogen-bond acceptors (Lipinski definition) is 6. The summed E-state index contributed by atoms with van der Waals surface area (Å²) in [6.45, 7) is 4.72. The molecule has 1 saturated heterocycles. The zero-order valence-corrected chi connectivity index (χ0v) is 14.6. The van der Waals surface area contributed by atoms with Crippen LogP contribution in [0.25, 0.3) is 0 Å². The molecule has 0 saturated carbocycles. The Bertz CT molecular complexity index is 775. The summed E-state index contributed by atoms with van der Waals surface area (Å²) >= 11 is 0. The minimum Gasteiger partial charge on any atom is -0.473 e. The fourth-order valence-electron chi connectivity index (χ4n) is 2.60. The van der Waals surface area contributed by atoms with Crippen LogP contribution < -0.4 is 4.74 Å². The van der Waals surface area contributed by atoms with Crippen LogP contribution in [0.15, 0.2) is 36.1 Å². The summed E-state index contributed by atoms with van der Waals surface area (Å²) < 4.78 is 34.6. The van der Waals surface area contributed by atoms with Gasteiger partial charge in [-0.3, -0.25) is 0 Å². The van der Waals surface area contributed by atoms with Gasteiger partial charge in [0.15, 0.2) is 5.03 Å². The first-order valence-electron chi connectivity index (χ1n) is 7.93. The molecule has 0 amide bonds. The third-order valence-electron chi connectivity index (χ3n) is 3.96. The normalized spacial score (nSPS) is 19.5. The van der Waals surface area contributed by atoms with E-state index in [1.807, 2.05) is 13.8 Å². The number of aromatic nitrogens is 4. The zero-order valence-electron chi connectivity index (χ0n) is 13.7. The van der Waals surface area contributed by atoms with Gasteiger partial charge in [0.1, 0.15) is 12.4 Å². The summed E-state index contributed by atoms with van der Waals surface area (Å²) in [4.78, 5) is 11.9. The molecule has 1 aliphatic rings. The van der Waals surface area contributed by atoms with Gasteiger partial charge in [-0.05, 0) is 26.7 Å². The van der Waals surface area contributed by atoms with Crippen LogP contribution in [0.2, 0.25) is 0 Å². The van der Waals surface area contributed by atoms with Crippen LogP contribution in [0, 0.1) is 0 Å². The molecule has 2 aromatic rings. The van der Waals surface area contributed by atoms with E-state index in [1.165, 1.54) is 10.6 Å². The third kappa shape index (κ3) is 3.57. The molecule has 0 N–H and O–H groups in total. The van der Waals surface area contributed by atoms with Crippen molar-refractivity contribution in [3.63, 3.8) is 0 Å². The quantitative estimate of drug-likeness (QED) is 0.810. The third-order valence-corrected chi connectivity index (χ3v) is 5.71. The van der Waals surface area contributed by atoms with E-state index in [4.69, 9.17) is 4.74 Å². The van der Waals surface area contributed by atoms with Gasteiger partial charge < -0.3 is 9.30 Å². The molecule has 9 heteroatoms. The van der Waals surface area contributed by atoms with E-state index in [-0.39, 0.29) is 17.2 Å². The molecule has 8 nitrogen and oxygen atoms in total. The van der Waals surface area contributed by atoms with Crippen molar-refractivity contribution in [2.75, 3.05) is 13.1 Å². The van der Waals surface area contributed by atoms with E-state index in [1.54, 1.807) is 29.4 Å². The largest absolute Gasteiger partial charge is 0.473 e. The number of hydrogen-bond donors (Lipinski definition) is 0. The van der Waals surface area contributed by atoms with Crippen molar-refractivity contribution in [1.29, 1.82) is 0 Å². The van der Waals surface area contributed by atoms with E-state index in [0.717, 1.165) is 12.8 Å². The molecule has 0 spiro atoms. The molecule has 1 aliphatic heterocycles. The van der Waals surface area contributed by atoms with Crippen molar-refractivity contribution in [2.24, 2.45) is 0 Å². The molecule has 0 bridgehead atoms. The van der Waals surface area contributed by atoms with Gasteiger partial charge in [-0.1, -0.05) is 0 Å². The number of sulfonamides is 1. The van der Waals surface area contributed by atoms with E-state index in [2.05, 4.69) is 15.0 Å². The predicted molar refractivity (Wildman–Crippen MR) is 87.1 cm³/mol. The molecule has 2 aromatic heterocycles. The van der Waals surface area contributed by atoms with Gasteiger partial charge in [-0.2, -0.15) is 4.31 Å².